The molecule has 1 fully saturated rings. The van der Waals surface area contributed by atoms with Crippen LogP contribution in [0.1, 0.15) is 48.8 Å². The molecule has 2 aromatic rings. The highest BCUT2D eigenvalue weighted by Crippen LogP contribution is 2.42. The molecule has 1 aliphatic heterocycles. The minimum atomic E-state index is -4.41. The number of carbonyl (C=O) groups excluding carboxylic acids is 1. The van der Waals surface area contributed by atoms with E-state index >= 15 is 0 Å². The maximum Gasteiger partial charge on any atom is 0.416 e. The van der Waals surface area contributed by atoms with Crippen LogP contribution in [-0.4, -0.2) is 11.4 Å². The zero-order valence-electron chi connectivity index (χ0n) is 14.4. The summed E-state index contributed by atoms with van der Waals surface area (Å²) < 4.78 is 51.5. The Bertz CT molecular complexity index is 794. The summed E-state index contributed by atoms with van der Waals surface area (Å²) in [6.07, 6.45) is -3.97. The van der Waals surface area contributed by atoms with E-state index in [0.717, 1.165) is 17.7 Å². The molecule has 2 unspecified atom stereocenters. The Morgan fingerprint density at radius 1 is 0.962 bits per heavy atom. The second-order valence-corrected chi connectivity index (χ2v) is 7.22. The first kappa shape index (κ1) is 18.4. The topological polar surface area (TPSA) is 29.1 Å². The van der Waals surface area contributed by atoms with Crippen LogP contribution in [0.2, 0.25) is 0 Å². The first-order valence-electron chi connectivity index (χ1n) is 8.32. The molecule has 1 N–H and O–H groups in total. The van der Waals surface area contributed by atoms with Gasteiger partial charge < -0.3 is 5.32 Å². The van der Waals surface area contributed by atoms with E-state index in [0.29, 0.717) is 12.0 Å². The molecule has 0 bridgehead atoms. The molecule has 0 aliphatic carbocycles. The van der Waals surface area contributed by atoms with Gasteiger partial charge in [0.15, 0.2) is 0 Å². The third-order valence-corrected chi connectivity index (χ3v) is 5.02. The number of hydrogen-bond acceptors (Lipinski definition) is 1. The lowest BCUT2D eigenvalue weighted by molar-refractivity contribution is -0.137. The fourth-order valence-electron chi connectivity index (χ4n) is 3.57. The van der Waals surface area contributed by atoms with Gasteiger partial charge in [0.1, 0.15) is 5.82 Å². The highest BCUT2D eigenvalue weighted by atomic mass is 19.4. The second-order valence-electron chi connectivity index (χ2n) is 7.22. The number of piperidine rings is 1. The molecule has 2 aromatic carbocycles. The lowest BCUT2D eigenvalue weighted by Crippen LogP contribution is -2.54. The maximum absolute atomic E-state index is 13.2. The first-order valence-corrected chi connectivity index (χ1v) is 8.32. The van der Waals surface area contributed by atoms with E-state index < -0.39 is 23.2 Å². The molecule has 1 aliphatic rings. The number of nitrogens with one attached hydrogen (secondary N) is 1. The number of halogens is 4. The molecular weight excluding hydrogens is 346 g/mol. The molecule has 2 nitrogen and oxygen atoms in total. The molecule has 0 aromatic heterocycles. The van der Waals surface area contributed by atoms with Crippen LogP contribution in [0.15, 0.2) is 48.5 Å². The van der Waals surface area contributed by atoms with E-state index in [1.54, 1.807) is 12.1 Å². The van der Waals surface area contributed by atoms with Crippen molar-refractivity contribution < 1.29 is 22.4 Å². The van der Waals surface area contributed by atoms with Gasteiger partial charge >= 0.3 is 6.18 Å². The van der Waals surface area contributed by atoms with Gasteiger partial charge in [0, 0.05) is 11.5 Å². The Hall–Kier alpha value is -2.37. The van der Waals surface area contributed by atoms with Gasteiger partial charge in [-0.15, -0.1) is 0 Å². The molecule has 0 spiro atoms. The van der Waals surface area contributed by atoms with Crippen molar-refractivity contribution in [3.8, 4) is 0 Å². The largest absolute Gasteiger partial charge is 0.416 e. The van der Waals surface area contributed by atoms with Crippen molar-refractivity contribution in [3.05, 3.63) is 71.0 Å². The van der Waals surface area contributed by atoms with E-state index in [-0.39, 0.29) is 17.6 Å². The van der Waals surface area contributed by atoms with E-state index in [9.17, 15) is 22.4 Å². The predicted molar refractivity (Wildman–Crippen MR) is 90.2 cm³/mol. The Kier molecular flexibility index (Phi) is 4.54. The Balaban J connectivity index is 1.91. The van der Waals surface area contributed by atoms with E-state index in [4.69, 9.17) is 0 Å². The summed E-state index contributed by atoms with van der Waals surface area (Å²) in [6.45, 7) is 3.78. The number of alkyl halides is 3. The van der Waals surface area contributed by atoms with Crippen LogP contribution in [0.25, 0.3) is 0 Å². The van der Waals surface area contributed by atoms with Gasteiger partial charge in [0.2, 0.25) is 5.91 Å². The molecule has 26 heavy (non-hydrogen) atoms. The van der Waals surface area contributed by atoms with Crippen molar-refractivity contribution in [2.45, 2.75) is 43.8 Å². The molecule has 0 radical (unpaired) electrons. The number of carbonyl (C=O) groups is 1. The molecule has 1 amide bonds. The summed E-state index contributed by atoms with van der Waals surface area (Å²) in [6, 6.07) is 10.8. The standard InChI is InChI=1S/C20H19F4NO/c1-19(2)17(13-5-9-15(21)10-6-13)11-16(18(26)25-19)12-3-7-14(8-4-12)20(22,23)24/h3-10,16-17H,11H2,1-2H3,(H,25,26). The average Bonchev–Trinajstić information content (AvgIpc) is 2.55. The number of rotatable bonds is 2. The zero-order chi connectivity index (χ0) is 19.1. The molecule has 3 rings (SSSR count). The molecule has 6 heteroatoms. The van der Waals surface area contributed by atoms with Crippen LogP contribution >= 0.6 is 0 Å². The van der Waals surface area contributed by atoms with Crippen LogP contribution in [0.4, 0.5) is 17.6 Å². The van der Waals surface area contributed by atoms with Crippen molar-refractivity contribution in [1.82, 2.24) is 5.32 Å². The van der Waals surface area contributed by atoms with E-state index in [1.807, 2.05) is 13.8 Å². The third kappa shape index (κ3) is 3.59. The van der Waals surface area contributed by atoms with Gasteiger partial charge in [-0.25, -0.2) is 4.39 Å². The normalized spacial score (nSPS) is 22.8. The van der Waals surface area contributed by atoms with Crippen LogP contribution in [-0.2, 0) is 11.0 Å². The molecule has 1 saturated heterocycles. The first-order chi connectivity index (χ1) is 12.1. The van der Waals surface area contributed by atoms with E-state index in [2.05, 4.69) is 5.32 Å². The van der Waals surface area contributed by atoms with Crippen molar-refractivity contribution in [1.29, 1.82) is 0 Å². The highest BCUT2D eigenvalue weighted by Gasteiger charge is 2.42. The van der Waals surface area contributed by atoms with Gasteiger partial charge in [0.25, 0.3) is 0 Å². The van der Waals surface area contributed by atoms with Gasteiger partial charge in [-0.05, 0) is 55.7 Å². The van der Waals surface area contributed by atoms with Crippen molar-refractivity contribution in [2.75, 3.05) is 0 Å². The van der Waals surface area contributed by atoms with Crippen molar-refractivity contribution >= 4 is 5.91 Å². The quantitative estimate of drug-likeness (QED) is 0.745. The summed E-state index contributed by atoms with van der Waals surface area (Å²) in [7, 11) is 0. The minimum Gasteiger partial charge on any atom is -0.350 e. The van der Waals surface area contributed by atoms with Gasteiger partial charge in [-0.2, -0.15) is 13.2 Å². The van der Waals surface area contributed by atoms with Crippen LogP contribution in [0.5, 0.6) is 0 Å². The van der Waals surface area contributed by atoms with Crippen molar-refractivity contribution in [3.63, 3.8) is 0 Å². The average molecular weight is 365 g/mol. The Labute approximate surface area is 149 Å². The summed E-state index contributed by atoms with van der Waals surface area (Å²) >= 11 is 0. The molecule has 138 valence electrons. The Morgan fingerprint density at radius 3 is 2.04 bits per heavy atom. The lowest BCUT2D eigenvalue weighted by atomic mass is 9.71. The maximum atomic E-state index is 13.2. The van der Waals surface area contributed by atoms with Gasteiger partial charge in [0.05, 0.1) is 11.5 Å². The monoisotopic (exact) mass is 365 g/mol. The molecular formula is C20H19F4NO. The fraction of sp³-hybridized carbons (Fsp3) is 0.350. The summed E-state index contributed by atoms with van der Waals surface area (Å²) in [5.41, 5.74) is 0.136. The Morgan fingerprint density at radius 2 is 1.50 bits per heavy atom. The summed E-state index contributed by atoms with van der Waals surface area (Å²) in [5.74, 6) is -1.20. The second kappa shape index (κ2) is 6.41. The predicted octanol–water partition coefficient (Wildman–Crippen LogP) is 5.01. The smallest absolute Gasteiger partial charge is 0.350 e. The minimum absolute atomic E-state index is 0.0897. The SMILES string of the molecule is CC1(C)NC(=O)C(c2ccc(C(F)(F)F)cc2)CC1c1ccc(F)cc1. The number of hydrogen-bond donors (Lipinski definition) is 1. The molecule has 1 heterocycles. The summed E-state index contributed by atoms with van der Waals surface area (Å²) in [4.78, 5) is 12.5. The van der Waals surface area contributed by atoms with Crippen LogP contribution < -0.4 is 5.32 Å². The van der Waals surface area contributed by atoms with Crippen LogP contribution in [0, 0.1) is 5.82 Å². The molecule has 0 saturated carbocycles. The summed E-state index contributed by atoms with van der Waals surface area (Å²) in [5, 5.41) is 2.96. The number of benzene rings is 2. The third-order valence-electron chi connectivity index (χ3n) is 5.02. The number of amides is 1. The fourth-order valence-corrected chi connectivity index (χ4v) is 3.57. The van der Waals surface area contributed by atoms with Crippen molar-refractivity contribution in [2.24, 2.45) is 0 Å². The zero-order valence-corrected chi connectivity index (χ0v) is 14.4. The highest BCUT2D eigenvalue weighted by molar-refractivity contribution is 5.85. The lowest BCUT2D eigenvalue weighted by Gasteiger charge is -2.43. The van der Waals surface area contributed by atoms with Gasteiger partial charge in [-0.1, -0.05) is 24.3 Å². The molecule has 2 atom stereocenters. The van der Waals surface area contributed by atoms with Crippen LogP contribution in [0.3, 0.4) is 0 Å². The van der Waals surface area contributed by atoms with Gasteiger partial charge in [-0.3, -0.25) is 4.79 Å². The van der Waals surface area contributed by atoms with E-state index in [1.165, 1.54) is 24.3 Å².